The molecule has 27 heavy (non-hydrogen) atoms. The number of aromatic amines is 1. The van der Waals surface area contributed by atoms with Crippen molar-refractivity contribution in [2.75, 3.05) is 0 Å². The lowest BCUT2D eigenvalue weighted by Crippen LogP contribution is -2.49. The van der Waals surface area contributed by atoms with E-state index in [0.29, 0.717) is 11.5 Å². The lowest BCUT2D eigenvalue weighted by Gasteiger charge is -2.30. The molecule has 1 saturated carbocycles. The van der Waals surface area contributed by atoms with Crippen molar-refractivity contribution in [3.8, 4) is 11.5 Å². The van der Waals surface area contributed by atoms with Crippen molar-refractivity contribution >= 4 is 5.91 Å². The van der Waals surface area contributed by atoms with E-state index in [-0.39, 0.29) is 17.0 Å². The van der Waals surface area contributed by atoms with E-state index in [1.807, 2.05) is 18.2 Å². The second-order valence-corrected chi connectivity index (χ2v) is 7.20. The number of hydrogen-bond donors (Lipinski definition) is 2. The third-order valence-corrected chi connectivity index (χ3v) is 5.27. The van der Waals surface area contributed by atoms with Gasteiger partial charge in [-0.1, -0.05) is 43.2 Å². The number of furan rings is 1. The van der Waals surface area contributed by atoms with E-state index in [4.69, 9.17) is 4.42 Å². The van der Waals surface area contributed by atoms with Gasteiger partial charge in [-0.25, -0.2) is 0 Å². The molecule has 0 saturated heterocycles. The van der Waals surface area contributed by atoms with Gasteiger partial charge in [-0.05, 0) is 49.1 Å². The average Bonchev–Trinajstić information content (AvgIpc) is 3.35. The average molecular weight is 362 g/mol. The Hall–Kier alpha value is -3.08. The Morgan fingerprint density at radius 1 is 1.04 bits per heavy atom. The van der Waals surface area contributed by atoms with Gasteiger partial charge in [0.05, 0.1) is 12.0 Å². The van der Waals surface area contributed by atoms with Gasteiger partial charge in [0.2, 0.25) is 0 Å². The molecule has 0 aliphatic heterocycles. The van der Waals surface area contributed by atoms with Gasteiger partial charge in [0.15, 0.2) is 0 Å². The predicted octanol–water partition coefficient (Wildman–Crippen LogP) is 3.92. The molecule has 2 N–H and O–H groups in total. The van der Waals surface area contributed by atoms with Crippen LogP contribution in [-0.2, 0) is 6.42 Å². The number of aromatic nitrogens is 1. The standard InChI is InChI=1S/C22H22N2O3/c25-20-17(10-11-18(23-20)19-9-6-14-27-19)21(26)24-22(12-4-5-13-22)15-16-7-2-1-3-8-16/h1-3,6-11,14H,4-5,12-13,15H2,(H,23,25)(H,24,26). The van der Waals surface area contributed by atoms with E-state index in [0.717, 1.165) is 32.1 Å². The fraction of sp³-hybridized carbons (Fsp3) is 0.273. The Kier molecular flexibility index (Phi) is 4.67. The van der Waals surface area contributed by atoms with Gasteiger partial charge in [0.1, 0.15) is 11.3 Å². The minimum Gasteiger partial charge on any atom is -0.463 e. The van der Waals surface area contributed by atoms with E-state index in [1.54, 1.807) is 30.5 Å². The van der Waals surface area contributed by atoms with Gasteiger partial charge >= 0.3 is 0 Å². The molecular formula is C22H22N2O3. The van der Waals surface area contributed by atoms with Crippen molar-refractivity contribution in [2.24, 2.45) is 0 Å². The molecule has 138 valence electrons. The predicted molar refractivity (Wildman–Crippen MR) is 104 cm³/mol. The quantitative estimate of drug-likeness (QED) is 0.722. The number of carbonyl (C=O) groups excluding carboxylic acids is 1. The maximum atomic E-state index is 12.9. The first-order valence-electron chi connectivity index (χ1n) is 9.29. The van der Waals surface area contributed by atoms with Gasteiger partial charge in [0.25, 0.3) is 11.5 Å². The number of rotatable bonds is 5. The van der Waals surface area contributed by atoms with Crippen LogP contribution in [0.25, 0.3) is 11.5 Å². The highest BCUT2D eigenvalue weighted by Gasteiger charge is 2.36. The van der Waals surface area contributed by atoms with Crippen LogP contribution < -0.4 is 10.9 Å². The molecule has 2 aromatic heterocycles. The highest BCUT2D eigenvalue weighted by molar-refractivity contribution is 5.94. The Balaban J connectivity index is 1.56. The molecule has 1 aliphatic carbocycles. The van der Waals surface area contributed by atoms with Gasteiger partial charge < -0.3 is 14.7 Å². The van der Waals surface area contributed by atoms with Gasteiger partial charge in [-0.15, -0.1) is 0 Å². The number of H-pyrrole nitrogens is 1. The fourth-order valence-corrected chi connectivity index (χ4v) is 3.92. The number of pyridine rings is 1. The summed E-state index contributed by atoms with van der Waals surface area (Å²) in [7, 11) is 0. The van der Waals surface area contributed by atoms with E-state index in [1.165, 1.54) is 5.56 Å². The molecule has 0 radical (unpaired) electrons. The molecule has 0 spiro atoms. The molecule has 3 aromatic rings. The maximum Gasteiger partial charge on any atom is 0.261 e. The third-order valence-electron chi connectivity index (χ3n) is 5.27. The largest absolute Gasteiger partial charge is 0.463 e. The number of carbonyl (C=O) groups is 1. The minimum atomic E-state index is -0.408. The van der Waals surface area contributed by atoms with Crippen molar-refractivity contribution < 1.29 is 9.21 Å². The summed E-state index contributed by atoms with van der Waals surface area (Å²) in [5, 5.41) is 3.17. The molecule has 4 rings (SSSR count). The van der Waals surface area contributed by atoms with Crippen LogP contribution in [0.3, 0.4) is 0 Å². The van der Waals surface area contributed by atoms with Crippen molar-refractivity contribution in [3.63, 3.8) is 0 Å². The van der Waals surface area contributed by atoms with Crippen LogP contribution in [0.2, 0.25) is 0 Å². The number of benzene rings is 1. The highest BCUT2D eigenvalue weighted by Crippen LogP contribution is 2.33. The molecule has 0 bridgehead atoms. The molecule has 1 aliphatic rings. The first-order valence-corrected chi connectivity index (χ1v) is 9.29. The maximum absolute atomic E-state index is 12.9. The Morgan fingerprint density at radius 2 is 1.81 bits per heavy atom. The lowest BCUT2D eigenvalue weighted by molar-refractivity contribution is 0.0898. The van der Waals surface area contributed by atoms with Crippen LogP contribution in [0.4, 0.5) is 0 Å². The number of amides is 1. The third kappa shape index (κ3) is 3.72. The molecule has 0 atom stereocenters. The van der Waals surface area contributed by atoms with Crippen molar-refractivity contribution in [2.45, 2.75) is 37.6 Å². The van der Waals surface area contributed by atoms with E-state index in [2.05, 4.69) is 22.4 Å². The smallest absolute Gasteiger partial charge is 0.261 e. The second-order valence-electron chi connectivity index (χ2n) is 7.20. The Bertz CT molecular complexity index is 968. The van der Waals surface area contributed by atoms with Crippen LogP contribution >= 0.6 is 0 Å². The summed E-state index contributed by atoms with van der Waals surface area (Å²) >= 11 is 0. The van der Waals surface area contributed by atoms with Crippen LogP contribution in [0.1, 0.15) is 41.6 Å². The SMILES string of the molecule is O=C(NC1(Cc2ccccc2)CCCC1)c1ccc(-c2ccco2)[nH]c1=O. The molecule has 1 fully saturated rings. The van der Waals surface area contributed by atoms with Crippen LogP contribution in [0, 0.1) is 0 Å². The summed E-state index contributed by atoms with van der Waals surface area (Å²) in [6.45, 7) is 0. The lowest BCUT2D eigenvalue weighted by atomic mass is 9.88. The van der Waals surface area contributed by atoms with E-state index in [9.17, 15) is 9.59 Å². The number of nitrogens with one attached hydrogen (secondary N) is 2. The zero-order chi connectivity index (χ0) is 18.7. The molecule has 0 unspecified atom stereocenters. The Morgan fingerprint density at radius 3 is 2.48 bits per heavy atom. The molecular weight excluding hydrogens is 340 g/mol. The molecule has 5 nitrogen and oxygen atoms in total. The zero-order valence-electron chi connectivity index (χ0n) is 15.0. The van der Waals surface area contributed by atoms with Gasteiger partial charge in [-0.2, -0.15) is 0 Å². The number of hydrogen-bond acceptors (Lipinski definition) is 3. The first-order chi connectivity index (χ1) is 13.2. The summed E-state index contributed by atoms with van der Waals surface area (Å²) in [6, 6.07) is 17.0. The van der Waals surface area contributed by atoms with Crippen molar-refractivity contribution in [1.29, 1.82) is 0 Å². The monoisotopic (exact) mass is 362 g/mol. The molecule has 2 heterocycles. The van der Waals surface area contributed by atoms with Crippen LogP contribution in [0.15, 0.2) is 70.1 Å². The van der Waals surface area contributed by atoms with E-state index < -0.39 is 5.56 Å². The first kappa shape index (κ1) is 17.3. The zero-order valence-corrected chi connectivity index (χ0v) is 15.0. The van der Waals surface area contributed by atoms with Crippen molar-refractivity contribution in [1.82, 2.24) is 10.3 Å². The topological polar surface area (TPSA) is 75.1 Å². The summed E-state index contributed by atoms with van der Waals surface area (Å²) in [4.78, 5) is 28.1. The fourth-order valence-electron chi connectivity index (χ4n) is 3.92. The second kappa shape index (κ2) is 7.27. The summed E-state index contributed by atoms with van der Waals surface area (Å²) in [5.74, 6) is 0.246. The summed E-state index contributed by atoms with van der Waals surface area (Å²) in [6.07, 6.45) is 6.34. The summed E-state index contributed by atoms with van der Waals surface area (Å²) in [5.41, 5.74) is 1.19. The molecule has 1 aromatic carbocycles. The normalized spacial score (nSPS) is 15.6. The van der Waals surface area contributed by atoms with Gasteiger partial charge in [-0.3, -0.25) is 9.59 Å². The molecule has 5 heteroatoms. The van der Waals surface area contributed by atoms with Crippen LogP contribution in [-0.4, -0.2) is 16.4 Å². The molecule has 1 amide bonds. The Labute approximate surface area is 157 Å². The van der Waals surface area contributed by atoms with Gasteiger partial charge in [0, 0.05) is 5.54 Å². The highest BCUT2D eigenvalue weighted by atomic mass is 16.3. The minimum absolute atomic E-state index is 0.129. The van der Waals surface area contributed by atoms with Crippen molar-refractivity contribution in [3.05, 3.63) is 82.3 Å². The summed E-state index contributed by atoms with van der Waals surface area (Å²) < 4.78 is 5.29. The van der Waals surface area contributed by atoms with Crippen LogP contribution in [0.5, 0.6) is 0 Å². The van der Waals surface area contributed by atoms with E-state index >= 15 is 0 Å².